The van der Waals surface area contributed by atoms with E-state index in [-0.39, 0.29) is 18.3 Å². The summed E-state index contributed by atoms with van der Waals surface area (Å²) < 4.78 is 7.85. The molecule has 0 aliphatic rings. The van der Waals surface area contributed by atoms with Crippen LogP contribution in [0.4, 0.5) is 5.69 Å². The van der Waals surface area contributed by atoms with Crippen molar-refractivity contribution in [2.45, 2.75) is 13.5 Å². The Morgan fingerprint density at radius 3 is 2.79 bits per heavy atom. The summed E-state index contributed by atoms with van der Waals surface area (Å²) in [4.78, 5) is 29.7. The number of rotatable bonds is 5. The number of amides is 1. The van der Waals surface area contributed by atoms with E-state index in [2.05, 4.69) is 20.6 Å². The molecule has 0 saturated heterocycles. The normalized spacial score (nSPS) is 11.1. The van der Waals surface area contributed by atoms with Crippen LogP contribution in [0.2, 0.25) is 5.02 Å². The summed E-state index contributed by atoms with van der Waals surface area (Å²) in [5.41, 5.74) is 2.66. The third kappa shape index (κ3) is 4.13. The van der Waals surface area contributed by atoms with Crippen molar-refractivity contribution in [3.05, 3.63) is 87.9 Å². The predicted molar refractivity (Wildman–Crippen MR) is 123 cm³/mol. The Balaban J connectivity index is 1.46. The lowest BCUT2D eigenvalue weighted by Crippen LogP contribution is -2.28. The number of fused-ring (bicyclic) bond motifs is 1. The van der Waals surface area contributed by atoms with Crippen molar-refractivity contribution in [2.75, 3.05) is 5.32 Å². The molecule has 1 N–H and O–H groups in total. The highest BCUT2D eigenvalue weighted by molar-refractivity contribution is 6.30. The Kier molecular flexibility index (Phi) is 5.23. The van der Waals surface area contributed by atoms with Crippen molar-refractivity contribution < 1.29 is 9.32 Å². The molecular formula is C23H17ClN6O3. The summed E-state index contributed by atoms with van der Waals surface area (Å²) in [6.45, 7) is 1.69. The second kappa shape index (κ2) is 8.36. The highest BCUT2D eigenvalue weighted by atomic mass is 35.5. The molecular weight excluding hydrogens is 444 g/mol. The zero-order chi connectivity index (χ0) is 22.9. The Bertz CT molecular complexity index is 1550. The number of anilines is 1. The summed E-state index contributed by atoms with van der Waals surface area (Å²) in [5, 5.41) is 11.7. The van der Waals surface area contributed by atoms with Gasteiger partial charge in [-0.05, 0) is 48.9 Å². The standard InChI is InChI=1S/C23H17ClN6O3/c1-14-5-2-8-17(11-14)25-19(31)13-30-23(32)29-10-4-9-18(21(29)27-30)22-26-20(28-33-22)15-6-3-7-16(24)12-15/h2-12H,13H2,1H3,(H,25,31). The molecule has 33 heavy (non-hydrogen) atoms. The summed E-state index contributed by atoms with van der Waals surface area (Å²) in [6, 6.07) is 17.9. The van der Waals surface area contributed by atoms with Gasteiger partial charge in [0.15, 0.2) is 5.65 Å². The van der Waals surface area contributed by atoms with Crippen LogP contribution in [0.1, 0.15) is 5.56 Å². The molecule has 3 heterocycles. The van der Waals surface area contributed by atoms with Crippen molar-refractivity contribution >= 4 is 28.8 Å². The molecule has 0 saturated carbocycles. The highest BCUT2D eigenvalue weighted by Crippen LogP contribution is 2.25. The topological polar surface area (TPSA) is 107 Å². The number of halogens is 1. The summed E-state index contributed by atoms with van der Waals surface area (Å²) in [5.74, 6) is 0.180. The van der Waals surface area contributed by atoms with Crippen molar-refractivity contribution in [1.29, 1.82) is 0 Å². The van der Waals surface area contributed by atoms with Crippen LogP contribution in [-0.4, -0.2) is 30.2 Å². The van der Waals surface area contributed by atoms with E-state index in [9.17, 15) is 9.59 Å². The minimum absolute atomic E-state index is 0.192. The largest absolute Gasteiger partial charge is 0.350 e. The maximum atomic E-state index is 12.8. The van der Waals surface area contributed by atoms with E-state index in [1.807, 2.05) is 31.2 Å². The molecule has 164 valence electrons. The van der Waals surface area contributed by atoms with Crippen molar-refractivity contribution in [3.8, 4) is 22.8 Å². The average Bonchev–Trinajstić information content (AvgIpc) is 3.39. The van der Waals surface area contributed by atoms with Crippen molar-refractivity contribution in [1.82, 2.24) is 24.3 Å². The van der Waals surface area contributed by atoms with E-state index < -0.39 is 5.69 Å². The van der Waals surface area contributed by atoms with Crippen LogP contribution in [0, 0.1) is 6.92 Å². The Labute approximate surface area is 192 Å². The zero-order valence-corrected chi connectivity index (χ0v) is 18.2. The number of carbonyl (C=O) groups excluding carboxylic acids is 1. The fourth-order valence-electron chi connectivity index (χ4n) is 3.45. The van der Waals surface area contributed by atoms with Gasteiger partial charge in [-0.15, -0.1) is 5.10 Å². The minimum Gasteiger partial charge on any atom is -0.333 e. The monoisotopic (exact) mass is 460 g/mol. The van der Waals surface area contributed by atoms with Crippen molar-refractivity contribution in [3.63, 3.8) is 0 Å². The first kappa shape index (κ1) is 20.7. The molecule has 10 heteroatoms. The van der Waals surface area contributed by atoms with Gasteiger partial charge < -0.3 is 9.84 Å². The highest BCUT2D eigenvalue weighted by Gasteiger charge is 2.18. The van der Waals surface area contributed by atoms with Crippen LogP contribution in [0.5, 0.6) is 0 Å². The third-order valence-corrected chi connectivity index (χ3v) is 5.18. The van der Waals surface area contributed by atoms with E-state index in [1.54, 1.807) is 42.6 Å². The third-order valence-electron chi connectivity index (χ3n) is 4.94. The first-order valence-corrected chi connectivity index (χ1v) is 10.4. The van der Waals surface area contributed by atoms with E-state index in [0.717, 1.165) is 10.2 Å². The van der Waals surface area contributed by atoms with Crippen LogP contribution in [-0.2, 0) is 11.3 Å². The van der Waals surface area contributed by atoms with Crippen LogP contribution in [0.15, 0.2) is 76.2 Å². The van der Waals surface area contributed by atoms with E-state index >= 15 is 0 Å². The molecule has 9 nitrogen and oxygen atoms in total. The van der Waals surface area contributed by atoms with Gasteiger partial charge in [0, 0.05) is 22.5 Å². The lowest BCUT2D eigenvalue weighted by molar-refractivity contribution is -0.117. The van der Waals surface area contributed by atoms with Gasteiger partial charge in [-0.25, -0.2) is 13.9 Å². The van der Waals surface area contributed by atoms with Crippen LogP contribution in [0.25, 0.3) is 28.5 Å². The van der Waals surface area contributed by atoms with Gasteiger partial charge >= 0.3 is 5.69 Å². The zero-order valence-electron chi connectivity index (χ0n) is 17.4. The van der Waals surface area contributed by atoms with Gasteiger partial charge in [0.25, 0.3) is 5.89 Å². The lowest BCUT2D eigenvalue weighted by atomic mass is 10.2. The Morgan fingerprint density at radius 1 is 1.12 bits per heavy atom. The van der Waals surface area contributed by atoms with Gasteiger partial charge in [-0.1, -0.05) is 41.0 Å². The number of nitrogens with zero attached hydrogens (tertiary/aromatic N) is 5. The molecule has 0 aliphatic heterocycles. The number of hydrogen-bond donors (Lipinski definition) is 1. The number of aryl methyl sites for hydroxylation is 1. The number of pyridine rings is 1. The number of aromatic nitrogens is 5. The molecule has 3 aromatic heterocycles. The van der Waals surface area contributed by atoms with Gasteiger partial charge in [0.2, 0.25) is 11.7 Å². The van der Waals surface area contributed by atoms with Gasteiger partial charge in [-0.2, -0.15) is 4.98 Å². The van der Waals surface area contributed by atoms with Crippen molar-refractivity contribution in [2.24, 2.45) is 0 Å². The fourth-order valence-corrected chi connectivity index (χ4v) is 3.64. The number of nitrogens with one attached hydrogen (secondary N) is 1. The minimum atomic E-state index is -0.458. The Morgan fingerprint density at radius 2 is 1.97 bits per heavy atom. The second-order valence-corrected chi connectivity index (χ2v) is 7.84. The summed E-state index contributed by atoms with van der Waals surface area (Å²) in [6.07, 6.45) is 1.57. The van der Waals surface area contributed by atoms with E-state index in [0.29, 0.717) is 33.3 Å². The smallest absolute Gasteiger partial charge is 0.333 e. The molecule has 0 atom stereocenters. The molecule has 0 fully saturated rings. The second-order valence-electron chi connectivity index (χ2n) is 7.41. The lowest BCUT2D eigenvalue weighted by Gasteiger charge is -2.05. The maximum absolute atomic E-state index is 12.8. The van der Waals surface area contributed by atoms with E-state index in [4.69, 9.17) is 16.1 Å². The Hall–Kier alpha value is -4.24. The summed E-state index contributed by atoms with van der Waals surface area (Å²) in [7, 11) is 0. The first-order chi connectivity index (χ1) is 16.0. The fraction of sp³-hybridized carbons (Fsp3) is 0.0870. The number of carbonyl (C=O) groups is 1. The molecule has 5 rings (SSSR count). The van der Waals surface area contributed by atoms with Gasteiger partial charge in [0.1, 0.15) is 6.54 Å². The predicted octanol–water partition coefficient (Wildman–Crippen LogP) is 3.81. The molecule has 0 aliphatic carbocycles. The molecule has 5 aromatic rings. The first-order valence-electron chi connectivity index (χ1n) is 10.0. The molecule has 2 aromatic carbocycles. The molecule has 1 amide bonds. The quantitative estimate of drug-likeness (QED) is 0.427. The van der Waals surface area contributed by atoms with E-state index in [1.165, 1.54) is 4.40 Å². The maximum Gasteiger partial charge on any atom is 0.350 e. The van der Waals surface area contributed by atoms with Crippen LogP contribution < -0.4 is 11.0 Å². The number of hydrogen-bond acceptors (Lipinski definition) is 6. The summed E-state index contributed by atoms with van der Waals surface area (Å²) >= 11 is 6.05. The van der Waals surface area contributed by atoms with Crippen LogP contribution in [0.3, 0.4) is 0 Å². The molecule has 0 unspecified atom stereocenters. The number of benzene rings is 2. The van der Waals surface area contributed by atoms with Gasteiger partial charge in [-0.3, -0.25) is 4.79 Å². The average molecular weight is 461 g/mol. The molecule has 0 bridgehead atoms. The molecule has 0 radical (unpaired) electrons. The van der Waals surface area contributed by atoms with Gasteiger partial charge in [0.05, 0.1) is 5.56 Å². The molecule has 0 spiro atoms. The van der Waals surface area contributed by atoms with Crippen LogP contribution >= 0.6 is 11.6 Å². The SMILES string of the molecule is Cc1cccc(NC(=O)Cn2nc3c(-c4nc(-c5cccc(Cl)c5)no4)cccn3c2=O)c1.